The molecule has 156 valence electrons. The monoisotopic (exact) mass is 449 g/mol. The van der Waals surface area contributed by atoms with Crippen molar-refractivity contribution in [1.82, 2.24) is 9.21 Å². The SMILES string of the molecule is COC(=O)c1sc(Cl)cc1S(=O)(=O)N1CCC(C(N)=O)(N2CCCCC2)CC1. The number of primary amides is 1. The molecular weight excluding hydrogens is 426 g/mol. The number of sulfonamides is 1. The van der Waals surface area contributed by atoms with Crippen molar-refractivity contribution in [2.24, 2.45) is 5.73 Å². The molecule has 0 bridgehead atoms. The zero-order valence-electron chi connectivity index (χ0n) is 15.6. The Hall–Kier alpha value is -1.20. The minimum Gasteiger partial charge on any atom is -0.465 e. The summed E-state index contributed by atoms with van der Waals surface area (Å²) in [5.74, 6) is -1.15. The number of nitrogens with two attached hydrogens (primary N) is 1. The highest BCUT2D eigenvalue weighted by Crippen LogP contribution is 2.37. The predicted octanol–water partition coefficient (Wildman–Crippen LogP) is 1.68. The Morgan fingerprint density at radius 1 is 1.18 bits per heavy atom. The predicted molar refractivity (Wildman–Crippen MR) is 106 cm³/mol. The summed E-state index contributed by atoms with van der Waals surface area (Å²) >= 11 is 6.83. The highest BCUT2D eigenvalue weighted by Gasteiger charge is 2.47. The number of halogens is 1. The van der Waals surface area contributed by atoms with Gasteiger partial charge in [-0.2, -0.15) is 4.31 Å². The van der Waals surface area contributed by atoms with Gasteiger partial charge in [-0.15, -0.1) is 11.3 Å². The number of esters is 1. The second kappa shape index (κ2) is 8.27. The average molecular weight is 450 g/mol. The summed E-state index contributed by atoms with van der Waals surface area (Å²) in [5, 5.41) is 0. The maximum absolute atomic E-state index is 13.1. The molecule has 0 aliphatic carbocycles. The van der Waals surface area contributed by atoms with Crippen molar-refractivity contribution >= 4 is 44.8 Å². The minimum absolute atomic E-state index is 0.0460. The number of carbonyl (C=O) groups excluding carboxylic acids is 2. The molecule has 2 fully saturated rings. The van der Waals surface area contributed by atoms with Crippen LogP contribution >= 0.6 is 22.9 Å². The van der Waals surface area contributed by atoms with Crippen molar-refractivity contribution in [1.29, 1.82) is 0 Å². The number of hydrogen-bond acceptors (Lipinski definition) is 7. The Morgan fingerprint density at radius 2 is 1.79 bits per heavy atom. The number of nitrogens with zero attached hydrogens (tertiary/aromatic N) is 2. The molecule has 0 unspecified atom stereocenters. The van der Waals surface area contributed by atoms with Gasteiger partial charge in [0, 0.05) is 13.1 Å². The van der Waals surface area contributed by atoms with Crippen molar-refractivity contribution in [2.45, 2.75) is 42.5 Å². The van der Waals surface area contributed by atoms with Crippen LogP contribution in [0.2, 0.25) is 4.34 Å². The topological polar surface area (TPSA) is 110 Å². The van der Waals surface area contributed by atoms with Gasteiger partial charge in [0.05, 0.1) is 11.4 Å². The maximum Gasteiger partial charge on any atom is 0.349 e. The van der Waals surface area contributed by atoms with Gasteiger partial charge in [-0.25, -0.2) is 13.2 Å². The molecule has 0 aromatic carbocycles. The van der Waals surface area contributed by atoms with E-state index in [1.807, 2.05) is 0 Å². The van der Waals surface area contributed by atoms with Gasteiger partial charge >= 0.3 is 5.97 Å². The number of amides is 1. The van der Waals surface area contributed by atoms with E-state index in [0.717, 1.165) is 43.7 Å². The Labute approximate surface area is 173 Å². The molecule has 3 heterocycles. The highest BCUT2D eigenvalue weighted by atomic mass is 35.5. The van der Waals surface area contributed by atoms with Crippen LogP contribution in [0.25, 0.3) is 0 Å². The van der Waals surface area contributed by atoms with E-state index in [1.165, 1.54) is 17.5 Å². The first-order chi connectivity index (χ1) is 13.2. The molecule has 2 N–H and O–H groups in total. The van der Waals surface area contributed by atoms with Crippen molar-refractivity contribution in [3.8, 4) is 0 Å². The Bertz CT molecular complexity index is 856. The molecule has 0 spiro atoms. The molecule has 2 saturated heterocycles. The first kappa shape index (κ1) is 21.5. The van der Waals surface area contributed by atoms with Crippen LogP contribution in [0.4, 0.5) is 0 Å². The number of carbonyl (C=O) groups is 2. The summed E-state index contributed by atoms with van der Waals surface area (Å²) in [6.45, 7) is 1.89. The molecule has 0 radical (unpaired) electrons. The van der Waals surface area contributed by atoms with Gasteiger partial charge in [0.2, 0.25) is 15.9 Å². The molecule has 11 heteroatoms. The molecule has 3 rings (SSSR count). The summed E-state index contributed by atoms with van der Waals surface area (Å²) in [6, 6.07) is 1.27. The van der Waals surface area contributed by atoms with E-state index in [9.17, 15) is 18.0 Å². The van der Waals surface area contributed by atoms with Crippen LogP contribution in [0, 0.1) is 0 Å². The fourth-order valence-corrected chi connectivity index (χ4v) is 7.19. The van der Waals surface area contributed by atoms with Gasteiger partial charge in [-0.05, 0) is 44.8 Å². The maximum atomic E-state index is 13.1. The van der Waals surface area contributed by atoms with Crippen molar-refractivity contribution in [3.05, 3.63) is 15.3 Å². The molecule has 0 saturated carbocycles. The molecule has 28 heavy (non-hydrogen) atoms. The summed E-state index contributed by atoms with van der Waals surface area (Å²) in [7, 11) is -2.76. The number of likely N-dealkylation sites (tertiary alicyclic amines) is 1. The normalized spacial score (nSPS) is 21.4. The number of thiophene rings is 1. The van der Waals surface area contributed by atoms with Crippen molar-refractivity contribution in [3.63, 3.8) is 0 Å². The molecule has 1 aromatic rings. The Morgan fingerprint density at radius 3 is 2.32 bits per heavy atom. The van der Waals surface area contributed by atoms with Gasteiger partial charge in [-0.3, -0.25) is 9.69 Å². The van der Waals surface area contributed by atoms with Gasteiger partial charge < -0.3 is 10.5 Å². The van der Waals surface area contributed by atoms with E-state index in [1.54, 1.807) is 0 Å². The molecule has 8 nitrogen and oxygen atoms in total. The minimum atomic E-state index is -3.95. The fourth-order valence-electron chi connectivity index (χ4n) is 4.05. The van der Waals surface area contributed by atoms with E-state index in [0.29, 0.717) is 12.8 Å². The zero-order valence-corrected chi connectivity index (χ0v) is 18.0. The van der Waals surface area contributed by atoms with Crippen molar-refractivity contribution in [2.75, 3.05) is 33.3 Å². The summed E-state index contributed by atoms with van der Waals surface area (Å²) < 4.78 is 32.4. The summed E-state index contributed by atoms with van der Waals surface area (Å²) in [6.07, 6.45) is 3.79. The number of hydrogen-bond donors (Lipinski definition) is 1. The third kappa shape index (κ3) is 3.80. The second-order valence-electron chi connectivity index (χ2n) is 7.08. The van der Waals surface area contributed by atoms with E-state index >= 15 is 0 Å². The summed E-state index contributed by atoms with van der Waals surface area (Å²) in [5.41, 5.74) is 4.94. The zero-order chi connectivity index (χ0) is 20.5. The Balaban J connectivity index is 1.84. The quantitative estimate of drug-likeness (QED) is 0.685. The second-order valence-corrected chi connectivity index (χ2v) is 10.7. The molecule has 2 aliphatic rings. The average Bonchev–Trinajstić information content (AvgIpc) is 3.10. The lowest BCUT2D eigenvalue weighted by atomic mass is 9.84. The van der Waals surface area contributed by atoms with Gasteiger partial charge in [0.15, 0.2) is 0 Å². The third-order valence-corrected chi connectivity index (χ3v) is 8.92. The van der Waals surface area contributed by atoms with Gasteiger partial charge in [0.1, 0.15) is 15.3 Å². The molecule has 1 amide bonds. The molecule has 1 aromatic heterocycles. The first-order valence-corrected chi connectivity index (χ1v) is 11.8. The van der Waals surface area contributed by atoms with Gasteiger partial charge in [-0.1, -0.05) is 18.0 Å². The number of rotatable bonds is 5. The van der Waals surface area contributed by atoms with Crippen LogP contribution in [0.3, 0.4) is 0 Å². The van der Waals surface area contributed by atoms with E-state index in [2.05, 4.69) is 9.64 Å². The van der Waals surface area contributed by atoms with Crippen LogP contribution < -0.4 is 5.73 Å². The lowest BCUT2D eigenvalue weighted by Crippen LogP contribution is -2.63. The van der Waals surface area contributed by atoms with Crippen LogP contribution in [-0.4, -0.2) is 68.3 Å². The lowest BCUT2D eigenvalue weighted by Gasteiger charge is -2.47. The highest BCUT2D eigenvalue weighted by molar-refractivity contribution is 7.89. The summed E-state index contributed by atoms with van der Waals surface area (Å²) in [4.78, 5) is 26.2. The van der Waals surface area contributed by atoms with Crippen LogP contribution in [-0.2, 0) is 19.6 Å². The first-order valence-electron chi connectivity index (χ1n) is 9.15. The van der Waals surface area contributed by atoms with Crippen LogP contribution in [0.5, 0.6) is 0 Å². The van der Waals surface area contributed by atoms with Crippen LogP contribution in [0.1, 0.15) is 41.8 Å². The lowest BCUT2D eigenvalue weighted by molar-refractivity contribution is -0.134. The number of methoxy groups -OCH3 is 1. The van der Waals surface area contributed by atoms with E-state index in [-0.39, 0.29) is 27.2 Å². The molecule has 2 aliphatic heterocycles. The Kier molecular flexibility index (Phi) is 6.35. The molecular formula is C17H24ClN3O5S2. The van der Waals surface area contributed by atoms with E-state index in [4.69, 9.17) is 17.3 Å². The smallest absolute Gasteiger partial charge is 0.349 e. The van der Waals surface area contributed by atoms with E-state index < -0.39 is 27.4 Å². The fraction of sp³-hybridized carbons (Fsp3) is 0.647. The third-order valence-electron chi connectivity index (χ3n) is 5.63. The van der Waals surface area contributed by atoms with Gasteiger partial charge in [0.25, 0.3) is 0 Å². The standard InChI is InChI=1S/C17H24ClN3O5S2/c1-26-15(22)14-12(11-13(18)27-14)28(24,25)21-9-5-17(6-10-21,16(19)23)20-7-3-2-4-8-20/h11H,2-10H2,1H3,(H2,19,23). The van der Waals surface area contributed by atoms with Crippen LogP contribution in [0.15, 0.2) is 11.0 Å². The number of piperidine rings is 2. The number of ether oxygens (including phenoxy) is 1. The van der Waals surface area contributed by atoms with Crippen molar-refractivity contribution < 1.29 is 22.7 Å². The largest absolute Gasteiger partial charge is 0.465 e. The molecule has 0 atom stereocenters.